The van der Waals surface area contributed by atoms with Crippen LogP contribution < -0.4 is 4.74 Å². The maximum absolute atomic E-state index is 10.5. The van der Waals surface area contributed by atoms with E-state index in [-0.39, 0.29) is 0 Å². The zero-order valence-electron chi connectivity index (χ0n) is 11.1. The Kier molecular flexibility index (Phi) is 4.32. The summed E-state index contributed by atoms with van der Waals surface area (Å²) >= 11 is 18.2. The van der Waals surface area contributed by atoms with Crippen LogP contribution in [0.2, 0.25) is 15.1 Å². The highest BCUT2D eigenvalue weighted by molar-refractivity contribution is 6.33. The third-order valence-corrected chi connectivity index (χ3v) is 4.35. The number of aliphatic hydroxyl groups is 1. The largest absolute Gasteiger partial charge is 0.493 e. The van der Waals surface area contributed by atoms with E-state index < -0.39 is 6.10 Å². The van der Waals surface area contributed by atoms with Crippen LogP contribution in [0.25, 0.3) is 0 Å². The molecule has 0 aliphatic carbocycles. The van der Waals surface area contributed by atoms with Gasteiger partial charge in [-0.25, -0.2) is 0 Å². The van der Waals surface area contributed by atoms with Gasteiger partial charge < -0.3 is 9.84 Å². The summed E-state index contributed by atoms with van der Waals surface area (Å²) in [6.07, 6.45) is 0.461. The Labute approximate surface area is 138 Å². The Morgan fingerprint density at radius 1 is 1.10 bits per heavy atom. The van der Waals surface area contributed by atoms with Gasteiger partial charge in [0.05, 0.1) is 12.7 Å². The Balaban J connectivity index is 1.92. The fraction of sp³-hybridized carbons (Fsp3) is 0.250. The summed E-state index contributed by atoms with van der Waals surface area (Å²) in [5.74, 6) is 0.830. The SMILES string of the molecule is OC(Cc1cc(Cl)cc2c1OCC2)c1cc(Cl)ccc1Cl. The highest BCUT2D eigenvalue weighted by Crippen LogP contribution is 2.36. The first-order valence-electron chi connectivity index (χ1n) is 6.61. The Bertz CT molecular complexity index is 685. The third kappa shape index (κ3) is 3.14. The van der Waals surface area contributed by atoms with Crippen LogP contribution in [0, 0.1) is 0 Å². The Morgan fingerprint density at radius 3 is 2.71 bits per heavy atom. The van der Waals surface area contributed by atoms with Crippen LogP contribution in [0.15, 0.2) is 30.3 Å². The average Bonchev–Trinajstić information content (AvgIpc) is 2.89. The minimum atomic E-state index is -0.761. The first-order valence-corrected chi connectivity index (χ1v) is 7.75. The van der Waals surface area contributed by atoms with E-state index in [4.69, 9.17) is 39.5 Å². The summed E-state index contributed by atoms with van der Waals surface area (Å²) in [7, 11) is 0. The van der Waals surface area contributed by atoms with Crippen molar-refractivity contribution in [2.24, 2.45) is 0 Å². The Hall–Kier alpha value is -0.930. The molecule has 0 saturated heterocycles. The molecule has 21 heavy (non-hydrogen) atoms. The van der Waals surface area contributed by atoms with Gasteiger partial charge >= 0.3 is 0 Å². The molecule has 1 unspecified atom stereocenters. The molecule has 110 valence electrons. The van der Waals surface area contributed by atoms with Crippen molar-refractivity contribution in [2.75, 3.05) is 6.61 Å². The summed E-state index contributed by atoms with van der Waals surface area (Å²) < 4.78 is 5.65. The molecule has 1 aliphatic heterocycles. The lowest BCUT2D eigenvalue weighted by atomic mass is 9.98. The fourth-order valence-electron chi connectivity index (χ4n) is 2.59. The fourth-order valence-corrected chi connectivity index (χ4v) is 3.27. The van der Waals surface area contributed by atoms with Gasteiger partial charge in [-0.2, -0.15) is 0 Å². The van der Waals surface area contributed by atoms with Crippen molar-refractivity contribution >= 4 is 34.8 Å². The monoisotopic (exact) mass is 342 g/mol. The second kappa shape index (κ2) is 6.05. The lowest BCUT2D eigenvalue weighted by Crippen LogP contribution is -2.04. The highest BCUT2D eigenvalue weighted by atomic mass is 35.5. The van der Waals surface area contributed by atoms with Gasteiger partial charge in [0.1, 0.15) is 5.75 Å². The molecule has 0 spiro atoms. The van der Waals surface area contributed by atoms with Crippen molar-refractivity contribution < 1.29 is 9.84 Å². The molecular formula is C16H13Cl3O2. The van der Waals surface area contributed by atoms with Crippen LogP contribution in [0.1, 0.15) is 22.8 Å². The zero-order chi connectivity index (χ0) is 15.0. The number of halogens is 3. The number of ether oxygens (including phenoxy) is 1. The maximum Gasteiger partial charge on any atom is 0.126 e. The molecule has 1 atom stereocenters. The van der Waals surface area contributed by atoms with Crippen molar-refractivity contribution in [2.45, 2.75) is 18.9 Å². The predicted molar refractivity (Wildman–Crippen MR) is 85.8 cm³/mol. The molecule has 0 aromatic heterocycles. The van der Waals surface area contributed by atoms with Gasteiger partial charge in [0.15, 0.2) is 0 Å². The Morgan fingerprint density at radius 2 is 1.90 bits per heavy atom. The van der Waals surface area contributed by atoms with Gasteiger partial charge in [-0.3, -0.25) is 0 Å². The van der Waals surface area contributed by atoms with Crippen molar-refractivity contribution in [1.29, 1.82) is 0 Å². The summed E-state index contributed by atoms with van der Waals surface area (Å²) in [6.45, 7) is 0.649. The van der Waals surface area contributed by atoms with Gasteiger partial charge in [-0.15, -0.1) is 0 Å². The maximum atomic E-state index is 10.5. The molecule has 0 radical (unpaired) electrons. The van der Waals surface area contributed by atoms with Crippen molar-refractivity contribution in [3.8, 4) is 5.75 Å². The van der Waals surface area contributed by atoms with Gasteiger partial charge in [0.2, 0.25) is 0 Å². The summed E-state index contributed by atoms with van der Waals surface area (Å²) in [4.78, 5) is 0. The number of hydrogen-bond acceptors (Lipinski definition) is 2. The van der Waals surface area contributed by atoms with Crippen LogP contribution in [-0.4, -0.2) is 11.7 Å². The van der Waals surface area contributed by atoms with E-state index in [2.05, 4.69) is 0 Å². The molecular weight excluding hydrogens is 331 g/mol. The van der Waals surface area contributed by atoms with Crippen LogP contribution in [0.3, 0.4) is 0 Å². The smallest absolute Gasteiger partial charge is 0.126 e. The molecule has 0 bridgehead atoms. The van der Waals surface area contributed by atoms with E-state index in [1.165, 1.54) is 0 Å². The lowest BCUT2D eigenvalue weighted by molar-refractivity contribution is 0.177. The molecule has 3 rings (SSSR count). The number of fused-ring (bicyclic) bond motifs is 1. The van der Waals surface area contributed by atoms with E-state index in [1.807, 2.05) is 12.1 Å². The molecule has 2 aromatic rings. The number of hydrogen-bond donors (Lipinski definition) is 1. The molecule has 1 heterocycles. The third-order valence-electron chi connectivity index (χ3n) is 3.56. The highest BCUT2D eigenvalue weighted by Gasteiger charge is 2.21. The first kappa shape index (κ1) is 15.0. The first-order chi connectivity index (χ1) is 10.0. The van der Waals surface area contributed by atoms with E-state index in [9.17, 15) is 5.11 Å². The zero-order valence-corrected chi connectivity index (χ0v) is 13.3. The second-order valence-electron chi connectivity index (χ2n) is 5.04. The van der Waals surface area contributed by atoms with E-state index in [0.717, 1.165) is 23.3 Å². The molecule has 1 aliphatic rings. The molecule has 0 amide bonds. The van der Waals surface area contributed by atoms with Crippen molar-refractivity contribution in [3.05, 3.63) is 62.1 Å². The van der Waals surface area contributed by atoms with Crippen LogP contribution in [-0.2, 0) is 12.8 Å². The van der Waals surface area contributed by atoms with Gasteiger partial charge in [-0.1, -0.05) is 34.8 Å². The summed E-state index contributed by atoms with van der Waals surface area (Å²) in [5, 5.41) is 12.1. The molecule has 5 heteroatoms. The second-order valence-corrected chi connectivity index (χ2v) is 6.32. The average molecular weight is 344 g/mol. The topological polar surface area (TPSA) is 29.5 Å². The van der Waals surface area contributed by atoms with E-state index in [0.29, 0.717) is 33.7 Å². The number of aliphatic hydroxyl groups excluding tert-OH is 1. The quantitative estimate of drug-likeness (QED) is 0.862. The van der Waals surface area contributed by atoms with E-state index in [1.54, 1.807) is 18.2 Å². The van der Waals surface area contributed by atoms with E-state index >= 15 is 0 Å². The van der Waals surface area contributed by atoms with Gasteiger partial charge in [0, 0.05) is 33.5 Å². The van der Waals surface area contributed by atoms with Gasteiger partial charge in [-0.05, 0) is 41.5 Å². The lowest BCUT2D eigenvalue weighted by Gasteiger charge is -2.15. The van der Waals surface area contributed by atoms with Crippen molar-refractivity contribution in [3.63, 3.8) is 0 Å². The molecule has 2 aromatic carbocycles. The molecule has 2 nitrogen and oxygen atoms in total. The minimum Gasteiger partial charge on any atom is -0.493 e. The summed E-state index contributed by atoms with van der Waals surface area (Å²) in [5.41, 5.74) is 2.58. The van der Waals surface area contributed by atoms with Crippen LogP contribution in [0.5, 0.6) is 5.75 Å². The molecule has 0 saturated carbocycles. The number of benzene rings is 2. The van der Waals surface area contributed by atoms with Crippen molar-refractivity contribution in [1.82, 2.24) is 0 Å². The summed E-state index contributed by atoms with van der Waals surface area (Å²) in [6, 6.07) is 8.79. The van der Waals surface area contributed by atoms with Crippen LogP contribution in [0.4, 0.5) is 0 Å². The standard InChI is InChI=1S/C16H13Cl3O2/c17-11-1-2-14(19)13(8-11)15(20)7-10-6-12(18)5-9-3-4-21-16(9)10/h1-2,5-6,8,15,20H,3-4,7H2. The van der Waals surface area contributed by atoms with Crippen LogP contribution >= 0.6 is 34.8 Å². The molecule has 0 fully saturated rings. The molecule has 1 N–H and O–H groups in total. The minimum absolute atomic E-state index is 0.378. The number of rotatable bonds is 3. The predicted octanol–water partition coefficient (Wildman–Crippen LogP) is 4.86. The normalized spacial score (nSPS) is 14.7. The van der Waals surface area contributed by atoms with Gasteiger partial charge in [0.25, 0.3) is 0 Å².